The second kappa shape index (κ2) is 15.3. The Balaban J connectivity index is 1.07. The quantitative estimate of drug-likeness (QED) is 0.112. The van der Waals surface area contributed by atoms with E-state index in [9.17, 15) is 0 Å². The fraction of sp³-hybridized carbons (Fsp3) is 0.375. The van der Waals surface area contributed by atoms with Crippen LogP contribution in [0.5, 0.6) is 23.3 Å². The van der Waals surface area contributed by atoms with Gasteiger partial charge in [0.25, 0.3) is 0 Å². The molecule has 4 bridgehead atoms. The van der Waals surface area contributed by atoms with Crippen molar-refractivity contribution < 1.29 is 18.9 Å². The molecule has 58 heavy (non-hydrogen) atoms. The summed E-state index contributed by atoms with van der Waals surface area (Å²) in [5.41, 5.74) is 3.90. The Hall–Kier alpha value is -5.58. The van der Waals surface area contributed by atoms with Crippen molar-refractivity contribution in [2.24, 2.45) is 23.7 Å². The first-order valence-corrected chi connectivity index (χ1v) is 20.7. The van der Waals surface area contributed by atoms with Gasteiger partial charge in [-0.3, -0.25) is 19.8 Å². The maximum atomic E-state index is 7.26. The predicted octanol–water partition coefficient (Wildman–Crippen LogP) is 8.78. The Labute approximate surface area is 339 Å². The number of benzene rings is 3. The van der Waals surface area contributed by atoms with Gasteiger partial charge in [0.1, 0.15) is 23.7 Å². The van der Waals surface area contributed by atoms with Gasteiger partial charge in [0, 0.05) is 47.4 Å². The van der Waals surface area contributed by atoms with Gasteiger partial charge < -0.3 is 18.9 Å². The molecule has 0 saturated carbocycles. The molecule has 2 unspecified atom stereocenters. The number of rotatable bonds is 12. The van der Waals surface area contributed by atoms with E-state index in [1.807, 2.05) is 48.8 Å². The minimum absolute atomic E-state index is 0.125. The lowest BCUT2D eigenvalue weighted by Crippen LogP contribution is -2.55. The van der Waals surface area contributed by atoms with Gasteiger partial charge in [0.2, 0.25) is 11.8 Å². The Kier molecular flexibility index (Phi) is 9.69. The SMILES string of the molecule is C=C[C@@H]1CN2CC[C@H]1C[C@@H]2[C@H](Oc1nnc(O[C@@H](c2ccnc3ccc(OC)cc23)[C@@H]2C[C@H]3CCN2C[C@@H]3C=C)c2ccccc12)c1ccnc2ccc(OC)cc12. The number of pyridine rings is 2. The second-order valence-corrected chi connectivity index (χ2v) is 16.5. The van der Waals surface area contributed by atoms with Crippen LogP contribution in [0, 0.1) is 23.7 Å². The topological polar surface area (TPSA) is 95.0 Å². The molecule has 0 aliphatic carbocycles. The molecule has 10 atom stereocenters. The molecular weight excluding hydrogens is 725 g/mol. The molecule has 6 aromatic rings. The van der Waals surface area contributed by atoms with Crippen molar-refractivity contribution in [2.45, 2.75) is 50.0 Å². The van der Waals surface area contributed by atoms with Gasteiger partial charge in [-0.15, -0.1) is 23.4 Å². The van der Waals surface area contributed by atoms with E-state index in [0.717, 1.165) is 107 Å². The second-order valence-electron chi connectivity index (χ2n) is 16.5. The highest BCUT2D eigenvalue weighted by Crippen LogP contribution is 2.47. The van der Waals surface area contributed by atoms with E-state index in [-0.39, 0.29) is 24.3 Å². The molecule has 6 fully saturated rings. The zero-order valence-corrected chi connectivity index (χ0v) is 33.2. The molecule has 10 heteroatoms. The summed E-state index contributed by atoms with van der Waals surface area (Å²) >= 11 is 0. The van der Waals surface area contributed by atoms with E-state index < -0.39 is 0 Å². The third-order valence-electron chi connectivity index (χ3n) is 13.7. The van der Waals surface area contributed by atoms with Crippen molar-refractivity contribution in [2.75, 3.05) is 40.4 Å². The number of aromatic nitrogens is 4. The van der Waals surface area contributed by atoms with Crippen molar-refractivity contribution in [1.29, 1.82) is 0 Å². The summed E-state index contributed by atoms with van der Waals surface area (Å²) in [5, 5.41) is 13.5. The van der Waals surface area contributed by atoms with E-state index in [0.29, 0.717) is 35.4 Å². The van der Waals surface area contributed by atoms with Gasteiger partial charge in [-0.2, -0.15) is 0 Å². The van der Waals surface area contributed by atoms with Gasteiger partial charge >= 0.3 is 0 Å². The van der Waals surface area contributed by atoms with Gasteiger partial charge in [-0.1, -0.05) is 24.3 Å². The van der Waals surface area contributed by atoms with E-state index in [4.69, 9.17) is 39.1 Å². The monoisotopic (exact) mass is 774 g/mol. The molecule has 0 radical (unpaired) electrons. The molecule has 3 aromatic carbocycles. The number of piperidine rings is 6. The normalized spacial score (nSPS) is 27.3. The van der Waals surface area contributed by atoms with Gasteiger partial charge in [0.05, 0.1) is 48.1 Å². The third-order valence-corrected chi connectivity index (χ3v) is 13.7. The first kappa shape index (κ1) is 36.7. The lowest BCUT2D eigenvalue weighted by atomic mass is 9.73. The summed E-state index contributed by atoms with van der Waals surface area (Å²) in [6.07, 6.45) is 11.7. The maximum absolute atomic E-state index is 7.26. The number of nitrogens with zero attached hydrogens (tertiary/aromatic N) is 6. The number of hydrogen-bond acceptors (Lipinski definition) is 10. The average molecular weight is 775 g/mol. The molecule has 3 aromatic heterocycles. The van der Waals surface area contributed by atoms with E-state index in [1.165, 1.54) is 0 Å². The zero-order valence-electron chi connectivity index (χ0n) is 33.2. The lowest BCUT2D eigenvalue weighted by molar-refractivity contribution is -0.0382. The Morgan fingerprint density at radius 1 is 0.621 bits per heavy atom. The van der Waals surface area contributed by atoms with Crippen molar-refractivity contribution in [3.8, 4) is 23.3 Å². The van der Waals surface area contributed by atoms with Crippen LogP contribution in [0.2, 0.25) is 0 Å². The van der Waals surface area contributed by atoms with Crippen LogP contribution in [0.4, 0.5) is 0 Å². The molecule has 9 heterocycles. The van der Waals surface area contributed by atoms with E-state index in [2.05, 4.69) is 71.5 Å². The maximum Gasteiger partial charge on any atom is 0.242 e. The highest BCUT2D eigenvalue weighted by molar-refractivity contribution is 5.91. The van der Waals surface area contributed by atoms with Crippen molar-refractivity contribution in [3.63, 3.8) is 0 Å². The third kappa shape index (κ3) is 6.43. The smallest absolute Gasteiger partial charge is 0.242 e. The molecular formula is C48H50N6O4. The molecule has 6 saturated heterocycles. The van der Waals surface area contributed by atoms with Crippen LogP contribution in [-0.4, -0.2) is 82.4 Å². The summed E-state index contributed by atoms with van der Waals surface area (Å²) in [7, 11) is 3.40. The summed E-state index contributed by atoms with van der Waals surface area (Å²) in [6, 6.07) is 24.7. The fourth-order valence-electron chi connectivity index (χ4n) is 10.6. The Morgan fingerprint density at radius 2 is 1.09 bits per heavy atom. The van der Waals surface area contributed by atoms with Crippen LogP contribution in [0.15, 0.2) is 111 Å². The molecule has 0 spiro atoms. The van der Waals surface area contributed by atoms with Crippen LogP contribution < -0.4 is 18.9 Å². The average Bonchev–Trinajstić information content (AvgIpc) is 3.29. The van der Waals surface area contributed by atoms with Gasteiger partial charge in [0.15, 0.2) is 0 Å². The molecule has 0 N–H and O–H groups in total. The number of hydrogen-bond donors (Lipinski definition) is 0. The minimum Gasteiger partial charge on any atom is -0.497 e. The predicted molar refractivity (Wildman–Crippen MR) is 226 cm³/mol. The lowest BCUT2D eigenvalue weighted by Gasteiger charge is -2.51. The Bertz CT molecular complexity index is 2340. The fourth-order valence-corrected chi connectivity index (χ4v) is 10.6. The molecule has 0 amide bonds. The highest BCUT2D eigenvalue weighted by Gasteiger charge is 2.46. The minimum atomic E-state index is -0.343. The van der Waals surface area contributed by atoms with Gasteiger partial charge in [-0.05, 0) is 123 Å². The summed E-state index contributed by atoms with van der Waals surface area (Å²) in [4.78, 5) is 14.6. The molecule has 10 nitrogen and oxygen atoms in total. The first-order chi connectivity index (χ1) is 28.5. The van der Waals surface area contributed by atoms with Crippen molar-refractivity contribution >= 4 is 32.6 Å². The van der Waals surface area contributed by atoms with Crippen LogP contribution in [0.3, 0.4) is 0 Å². The first-order valence-electron chi connectivity index (χ1n) is 20.7. The number of ether oxygens (including phenoxy) is 4. The zero-order chi connectivity index (χ0) is 39.3. The van der Waals surface area contributed by atoms with Crippen LogP contribution >= 0.6 is 0 Å². The van der Waals surface area contributed by atoms with Crippen LogP contribution in [0.1, 0.15) is 49.0 Å². The number of methoxy groups -OCH3 is 2. The summed E-state index contributed by atoms with van der Waals surface area (Å²) in [6.45, 7) is 12.3. The van der Waals surface area contributed by atoms with E-state index in [1.54, 1.807) is 14.2 Å². The van der Waals surface area contributed by atoms with Crippen molar-refractivity contribution in [1.82, 2.24) is 30.0 Å². The molecule has 6 aliphatic rings. The summed E-state index contributed by atoms with van der Waals surface area (Å²) in [5.74, 6) is 4.57. The van der Waals surface area contributed by atoms with Crippen LogP contribution in [-0.2, 0) is 0 Å². The molecule has 296 valence electrons. The van der Waals surface area contributed by atoms with Crippen LogP contribution in [0.25, 0.3) is 32.6 Å². The molecule has 6 aliphatic heterocycles. The largest absolute Gasteiger partial charge is 0.497 e. The van der Waals surface area contributed by atoms with Crippen molar-refractivity contribution in [3.05, 3.63) is 122 Å². The standard InChI is InChI=1S/C48H50N6O4/c1-5-29-27-53-21-17-31(29)23-43(53)45(35-15-19-49-41-13-11-33(55-3)25-39(35)41)57-47-37-9-7-8-10-38(37)48(52-51-47)58-46(44-24-32-18-22-54(44)28-30(32)6-2)36-16-20-50-42-14-12-34(56-4)26-40(36)42/h5-16,19-20,25-26,29-32,43-46H,1-2,17-18,21-24,27-28H2,3-4H3/t29-,30+,31+,32-,43-,44+,45-,46+. The Morgan fingerprint density at radius 3 is 1.48 bits per heavy atom. The summed E-state index contributed by atoms with van der Waals surface area (Å²) < 4.78 is 25.9. The highest BCUT2D eigenvalue weighted by atomic mass is 16.5. The van der Waals surface area contributed by atoms with Gasteiger partial charge in [-0.25, -0.2) is 0 Å². The number of fused-ring (bicyclic) bond motifs is 9. The molecule has 12 rings (SSSR count). The van der Waals surface area contributed by atoms with E-state index >= 15 is 0 Å².